The van der Waals surface area contributed by atoms with Crippen molar-refractivity contribution in [2.75, 3.05) is 0 Å². The van der Waals surface area contributed by atoms with Gasteiger partial charge in [-0.3, -0.25) is 4.79 Å². The van der Waals surface area contributed by atoms with Gasteiger partial charge < -0.3 is 15.3 Å². The number of halogens is 2. The van der Waals surface area contributed by atoms with Gasteiger partial charge in [0.15, 0.2) is 0 Å². The molecule has 2 atom stereocenters. The van der Waals surface area contributed by atoms with Crippen molar-refractivity contribution < 1.29 is 4.79 Å². The molecule has 140 valence electrons. The highest BCUT2D eigenvalue weighted by Crippen LogP contribution is 2.27. The van der Waals surface area contributed by atoms with Crippen molar-refractivity contribution in [1.82, 2.24) is 15.3 Å². The lowest BCUT2D eigenvalue weighted by Gasteiger charge is -2.26. The number of carbonyl (C=O) groups excluding carboxylic acids is 1. The Morgan fingerprint density at radius 2 is 1.63 bits per heavy atom. The number of hydrogen-bond donors (Lipinski definition) is 3. The van der Waals surface area contributed by atoms with E-state index in [4.69, 9.17) is 23.2 Å². The highest BCUT2D eigenvalue weighted by Gasteiger charge is 2.23. The van der Waals surface area contributed by atoms with Gasteiger partial charge in [0.1, 0.15) is 5.69 Å². The van der Waals surface area contributed by atoms with Crippen LogP contribution in [-0.4, -0.2) is 21.9 Å². The molecule has 3 rings (SSSR count). The molecule has 5 nitrogen and oxygen atoms in total. The molecule has 7 heteroatoms. The van der Waals surface area contributed by atoms with Crippen molar-refractivity contribution in [2.45, 2.75) is 25.3 Å². The highest BCUT2D eigenvalue weighted by atomic mass is 35.5. The molecule has 0 aliphatic heterocycles. The number of carbonyl (C=O) groups is 1. The van der Waals surface area contributed by atoms with Crippen LogP contribution in [0.1, 0.15) is 34.5 Å². The van der Waals surface area contributed by atoms with E-state index in [-0.39, 0.29) is 23.6 Å². The van der Waals surface area contributed by atoms with E-state index in [1.54, 1.807) is 0 Å². The third-order valence-electron chi connectivity index (χ3n) is 4.47. The molecular formula is C20H19Cl2N3O2. The normalized spacial score (nSPS) is 13.1. The molecular weight excluding hydrogens is 385 g/mol. The van der Waals surface area contributed by atoms with Crippen molar-refractivity contribution in [2.24, 2.45) is 0 Å². The monoisotopic (exact) mass is 403 g/mol. The lowest BCUT2D eigenvalue weighted by Crippen LogP contribution is -2.38. The molecule has 1 heterocycles. The van der Waals surface area contributed by atoms with E-state index in [9.17, 15) is 9.59 Å². The van der Waals surface area contributed by atoms with Crippen LogP contribution in [0.3, 0.4) is 0 Å². The van der Waals surface area contributed by atoms with Gasteiger partial charge in [-0.1, -0.05) is 47.5 Å². The first-order valence-corrected chi connectivity index (χ1v) is 9.26. The molecule has 0 saturated carbocycles. The Hall–Kier alpha value is -2.50. The summed E-state index contributed by atoms with van der Waals surface area (Å²) in [5.74, 6) is -0.325. The van der Waals surface area contributed by atoms with Crippen LogP contribution in [0, 0.1) is 0 Å². The van der Waals surface area contributed by atoms with E-state index in [1.807, 2.05) is 55.5 Å². The summed E-state index contributed by atoms with van der Waals surface area (Å²) in [5.41, 5.74) is 1.96. The number of amides is 1. The largest absolute Gasteiger partial charge is 0.348 e. The minimum atomic E-state index is -0.414. The van der Waals surface area contributed by atoms with Gasteiger partial charge in [0.2, 0.25) is 0 Å². The fraction of sp³-hybridized carbons (Fsp3) is 0.200. The van der Waals surface area contributed by atoms with Crippen molar-refractivity contribution in [3.8, 4) is 0 Å². The molecule has 1 amide bonds. The lowest BCUT2D eigenvalue weighted by atomic mass is 9.86. The van der Waals surface area contributed by atoms with E-state index in [1.165, 1.54) is 6.20 Å². The molecule has 0 fully saturated rings. The molecule has 3 N–H and O–H groups in total. The number of imidazole rings is 1. The summed E-state index contributed by atoms with van der Waals surface area (Å²) in [6, 6.07) is 15.1. The summed E-state index contributed by atoms with van der Waals surface area (Å²) in [6.07, 6.45) is 2.07. The maximum Gasteiger partial charge on any atom is 0.323 e. The Labute approximate surface area is 166 Å². The summed E-state index contributed by atoms with van der Waals surface area (Å²) < 4.78 is 0. The first-order chi connectivity index (χ1) is 12.9. The third kappa shape index (κ3) is 5.02. The van der Waals surface area contributed by atoms with E-state index in [0.717, 1.165) is 11.1 Å². The third-order valence-corrected chi connectivity index (χ3v) is 4.97. The van der Waals surface area contributed by atoms with Gasteiger partial charge in [-0.05, 0) is 48.7 Å². The molecule has 0 aliphatic carbocycles. The second kappa shape index (κ2) is 8.46. The Balaban J connectivity index is 1.83. The number of hydrogen-bond acceptors (Lipinski definition) is 2. The number of rotatable bonds is 6. The van der Waals surface area contributed by atoms with Gasteiger partial charge in [-0.15, -0.1) is 0 Å². The fourth-order valence-corrected chi connectivity index (χ4v) is 3.26. The molecule has 1 aromatic heterocycles. The number of aromatic amines is 2. The van der Waals surface area contributed by atoms with E-state index in [0.29, 0.717) is 16.5 Å². The zero-order valence-corrected chi connectivity index (χ0v) is 16.1. The summed E-state index contributed by atoms with van der Waals surface area (Å²) in [4.78, 5) is 28.5. The van der Waals surface area contributed by atoms with E-state index < -0.39 is 5.69 Å². The number of benzene rings is 2. The molecule has 27 heavy (non-hydrogen) atoms. The number of H-pyrrole nitrogens is 2. The average Bonchev–Trinajstić information content (AvgIpc) is 3.08. The summed E-state index contributed by atoms with van der Waals surface area (Å²) in [6.45, 7) is 1.94. The van der Waals surface area contributed by atoms with E-state index in [2.05, 4.69) is 15.3 Å². The predicted molar refractivity (Wildman–Crippen MR) is 108 cm³/mol. The predicted octanol–water partition coefficient (Wildman–Crippen LogP) is 4.15. The van der Waals surface area contributed by atoms with Crippen LogP contribution < -0.4 is 11.0 Å². The minimum Gasteiger partial charge on any atom is -0.348 e. The van der Waals surface area contributed by atoms with Gasteiger partial charge in [0, 0.05) is 28.2 Å². The van der Waals surface area contributed by atoms with Crippen LogP contribution in [0.5, 0.6) is 0 Å². The minimum absolute atomic E-state index is 0.0121. The zero-order valence-electron chi connectivity index (χ0n) is 14.6. The Morgan fingerprint density at radius 3 is 2.19 bits per heavy atom. The fourth-order valence-electron chi connectivity index (χ4n) is 3.01. The van der Waals surface area contributed by atoms with Gasteiger partial charge in [0.25, 0.3) is 5.91 Å². The Morgan fingerprint density at radius 1 is 1.04 bits per heavy atom. The molecule has 0 bridgehead atoms. The maximum atomic E-state index is 12.4. The Bertz CT molecular complexity index is 962. The van der Waals surface area contributed by atoms with Crippen LogP contribution in [0.2, 0.25) is 10.0 Å². The van der Waals surface area contributed by atoms with Crippen LogP contribution in [-0.2, 0) is 6.42 Å². The molecule has 0 saturated heterocycles. The van der Waals surface area contributed by atoms with Crippen molar-refractivity contribution >= 4 is 29.1 Å². The van der Waals surface area contributed by atoms with Gasteiger partial charge in [-0.25, -0.2) is 4.79 Å². The molecule has 3 aromatic rings. The Kier molecular flexibility index (Phi) is 6.04. The molecule has 2 aromatic carbocycles. The van der Waals surface area contributed by atoms with Crippen molar-refractivity contribution in [3.63, 3.8) is 0 Å². The topological polar surface area (TPSA) is 77.8 Å². The first-order valence-electron chi connectivity index (χ1n) is 8.51. The summed E-state index contributed by atoms with van der Waals surface area (Å²) in [5, 5.41) is 4.30. The van der Waals surface area contributed by atoms with Crippen LogP contribution >= 0.6 is 23.2 Å². The van der Waals surface area contributed by atoms with Crippen LogP contribution in [0.15, 0.2) is 59.5 Å². The summed E-state index contributed by atoms with van der Waals surface area (Å²) >= 11 is 12.0. The van der Waals surface area contributed by atoms with Crippen molar-refractivity contribution in [1.29, 1.82) is 0 Å². The molecule has 2 unspecified atom stereocenters. The average molecular weight is 404 g/mol. The quantitative estimate of drug-likeness (QED) is 0.577. The molecule has 0 radical (unpaired) electrons. The molecule has 0 aliphatic rings. The number of nitrogens with one attached hydrogen (secondary N) is 3. The van der Waals surface area contributed by atoms with E-state index >= 15 is 0 Å². The first kappa shape index (κ1) is 19.3. The smallest absolute Gasteiger partial charge is 0.323 e. The second-order valence-electron chi connectivity index (χ2n) is 6.41. The molecule has 0 spiro atoms. The highest BCUT2D eigenvalue weighted by molar-refractivity contribution is 6.30. The van der Waals surface area contributed by atoms with Gasteiger partial charge in [0.05, 0.1) is 0 Å². The summed E-state index contributed by atoms with van der Waals surface area (Å²) in [7, 11) is 0. The zero-order chi connectivity index (χ0) is 19.4. The number of aromatic nitrogens is 2. The van der Waals surface area contributed by atoms with Crippen LogP contribution in [0.4, 0.5) is 0 Å². The standard InChI is InChI=1S/C20H19Cl2N3O2/c1-12(24-19(26)18-11-23-20(27)25-18)17(14-4-8-16(22)9-5-14)10-13-2-6-15(21)7-3-13/h2-9,11-12,17H,10H2,1H3,(H,24,26)(H2,23,25,27). The lowest BCUT2D eigenvalue weighted by molar-refractivity contribution is 0.0929. The van der Waals surface area contributed by atoms with Crippen molar-refractivity contribution in [3.05, 3.63) is 92.1 Å². The van der Waals surface area contributed by atoms with Gasteiger partial charge in [-0.2, -0.15) is 0 Å². The van der Waals surface area contributed by atoms with Gasteiger partial charge >= 0.3 is 5.69 Å². The maximum absolute atomic E-state index is 12.4. The van der Waals surface area contributed by atoms with Crippen LogP contribution in [0.25, 0.3) is 0 Å². The second-order valence-corrected chi connectivity index (χ2v) is 7.28. The SMILES string of the molecule is CC(NC(=O)c1c[nH]c(=O)[nH]1)C(Cc1ccc(Cl)cc1)c1ccc(Cl)cc1.